The van der Waals surface area contributed by atoms with Gasteiger partial charge in [-0.05, 0) is 70.8 Å². The molecule has 2 aliphatic rings. The van der Waals surface area contributed by atoms with E-state index in [0.29, 0.717) is 22.7 Å². The molecule has 0 bridgehead atoms. The number of nitrogens with zero attached hydrogens (tertiary/aromatic N) is 5. The van der Waals surface area contributed by atoms with E-state index >= 15 is 0 Å². The fourth-order valence-electron chi connectivity index (χ4n) is 4.93. The second-order valence-corrected chi connectivity index (χ2v) is 9.53. The molecule has 2 aliphatic heterocycles. The molecule has 1 atom stereocenters. The van der Waals surface area contributed by atoms with Gasteiger partial charge in [0.2, 0.25) is 0 Å². The van der Waals surface area contributed by atoms with Crippen molar-refractivity contribution in [3.8, 4) is 0 Å². The lowest BCUT2D eigenvalue weighted by Crippen LogP contribution is -2.41. The van der Waals surface area contributed by atoms with Crippen LogP contribution in [-0.2, 0) is 5.60 Å². The summed E-state index contributed by atoms with van der Waals surface area (Å²) in [5, 5.41) is 15.3. The normalized spacial score (nSPS) is 19.7. The van der Waals surface area contributed by atoms with Crippen LogP contribution >= 0.6 is 0 Å². The van der Waals surface area contributed by atoms with Gasteiger partial charge in [0.25, 0.3) is 0 Å². The minimum absolute atomic E-state index is 0.160. The number of hydrogen-bond donors (Lipinski definition) is 2. The topological polar surface area (TPSA) is 77.4 Å². The summed E-state index contributed by atoms with van der Waals surface area (Å²) in [7, 11) is 2.11. The van der Waals surface area contributed by atoms with E-state index in [9.17, 15) is 9.50 Å². The number of aromatic nitrogens is 3. The number of pyridine rings is 3. The molecule has 0 radical (unpaired) electrons. The predicted octanol–water partition coefficient (Wildman–Crippen LogP) is 4.06. The number of nitrogens with one attached hydrogen (secondary N) is 1. The Kier molecular flexibility index (Phi) is 5.88. The molecule has 0 saturated carbocycles. The van der Waals surface area contributed by atoms with Crippen molar-refractivity contribution in [2.75, 3.05) is 43.4 Å². The molecule has 33 heavy (non-hydrogen) atoms. The molecule has 5 rings (SSSR count). The van der Waals surface area contributed by atoms with Crippen LogP contribution in [0.5, 0.6) is 0 Å². The van der Waals surface area contributed by atoms with Gasteiger partial charge < -0.3 is 20.2 Å². The van der Waals surface area contributed by atoms with E-state index in [-0.39, 0.29) is 5.92 Å². The van der Waals surface area contributed by atoms with Crippen molar-refractivity contribution in [2.45, 2.75) is 38.2 Å². The highest BCUT2D eigenvalue weighted by molar-refractivity contribution is 5.81. The summed E-state index contributed by atoms with van der Waals surface area (Å²) >= 11 is 0. The number of rotatable bonds is 5. The van der Waals surface area contributed by atoms with Crippen LogP contribution in [0.1, 0.15) is 38.3 Å². The van der Waals surface area contributed by atoms with Gasteiger partial charge in [-0.3, -0.25) is 0 Å². The van der Waals surface area contributed by atoms with Crippen LogP contribution in [0, 0.1) is 11.7 Å². The summed E-state index contributed by atoms with van der Waals surface area (Å²) < 4.78 is 14.5. The Morgan fingerprint density at radius 1 is 1.06 bits per heavy atom. The van der Waals surface area contributed by atoms with E-state index in [2.05, 4.69) is 32.1 Å². The second kappa shape index (κ2) is 8.83. The second-order valence-electron chi connectivity index (χ2n) is 9.53. The quantitative estimate of drug-likeness (QED) is 0.607. The van der Waals surface area contributed by atoms with E-state index in [4.69, 9.17) is 4.98 Å². The molecule has 8 heteroatoms. The van der Waals surface area contributed by atoms with Gasteiger partial charge in [-0.15, -0.1) is 0 Å². The monoisotopic (exact) mass is 450 g/mol. The van der Waals surface area contributed by atoms with Crippen molar-refractivity contribution >= 4 is 28.2 Å². The highest BCUT2D eigenvalue weighted by atomic mass is 19.1. The smallest absolute Gasteiger partial charge is 0.165 e. The zero-order chi connectivity index (χ0) is 23.0. The summed E-state index contributed by atoms with van der Waals surface area (Å²) in [6, 6.07) is 7.37. The molecule has 0 aliphatic carbocycles. The van der Waals surface area contributed by atoms with Gasteiger partial charge in [0.05, 0.1) is 23.1 Å². The van der Waals surface area contributed by atoms with E-state index in [1.807, 2.05) is 19.1 Å². The van der Waals surface area contributed by atoms with Crippen molar-refractivity contribution in [1.82, 2.24) is 19.9 Å². The Balaban J connectivity index is 1.41. The number of anilines is 3. The van der Waals surface area contributed by atoms with E-state index in [0.717, 1.165) is 63.1 Å². The Bertz CT molecular complexity index is 1140. The number of aliphatic hydroxyl groups is 1. The van der Waals surface area contributed by atoms with Gasteiger partial charge in [0, 0.05) is 36.8 Å². The van der Waals surface area contributed by atoms with E-state index in [1.165, 1.54) is 6.20 Å². The van der Waals surface area contributed by atoms with Crippen LogP contribution in [0.4, 0.5) is 21.7 Å². The van der Waals surface area contributed by atoms with Crippen molar-refractivity contribution in [3.63, 3.8) is 0 Å². The van der Waals surface area contributed by atoms with Crippen molar-refractivity contribution in [1.29, 1.82) is 0 Å². The highest BCUT2D eigenvalue weighted by Gasteiger charge is 2.36. The molecule has 0 unspecified atom stereocenters. The van der Waals surface area contributed by atoms with Crippen LogP contribution in [0.2, 0.25) is 0 Å². The first-order valence-corrected chi connectivity index (χ1v) is 11.8. The maximum absolute atomic E-state index is 14.5. The third-order valence-electron chi connectivity index (χ3n) is 7.14. The summed E-state index contributed by atoms with van der Waals surface area (Å²) in [6.45, 7) is 5.70. The van der Waals surface area contributed by atoms with Crippen LogP contribution in [-0.4, -0.2) is 58.2 Å². The molecule has 5 heterocycles. The maximum Gasteiger partial charge on any atom is 0.165 e. The van der Waals surface area contributed by atoms with Crippen molar-refractivity contribution in [2.24, 2.45) is 5.92 Å². The molecular formula is C25H31FN6O. The minimum Gasteiger partial charge on any atom is -0.384 e. The van der Waals surface area contributed by atoms with Gasteiger partial charge in [0.1, 0.15) is 17.2 Å². The molecule has 2 fully saturated rings. The zero-order valence-corrected chi connectivity index (χ0v) is 19.3. The summed E-state index contributed by atoms with van der Waals surface area (Å²) in [6.07, 6.45) is 7.11. The first kappa shape index (κ1) is 22.0. The molecule has 3 aromatic rings. The van der Waals surface area contributed by atoms with E-state index in [1.54, 1.807) is 18.3 Å². The average molecular weight is 451 g/mol. The third-order valence-corrected chi connectivity index (χ3v) is 7.14. The number of hydrogen-bond acceptors (Lipinski definition) is 7. The molecule has 3 aromatic heterocycles. The fourth-order valence-corrected chi connectivity index (χ4v) is 4.93. The average Bonchev–Trinajstić information content (AvgIpc) is 3.35. The summed E-state index contributed by atoms with van der Waals surface area (Å²) in [5.74, 6) is 1.01. The first-order valence-electron chi connectivity index (χ1n) is 11.8. The number of piperidine rings is 1. The fraction of sp³-hybridized carbons (Fsp3) is 0.480. The Morgan fingerprint density at radius 2 is 1.82 bits per heavy atom. The number of halogens is 1. The lowest BCUT2D eigenvalue weighted by atomic mass is 9.79. The van der Waals surface area contributed by atoms with Gasteiger partial charge in [-0.2, -0.15) is 0 Å². The zero-order valence-electron chi connectivity index (χ0n) is 19.3. The number of fused-ring (bicyclic) bond motifs is 1. The minimum atomic E-state index is -1.01. The highest BCUT2D eigenvalue weighted by Crippen LogP contribution is 2.36. The summed E-state index contributed by atoms with van der Waals surface area (Å²) in [4.78, 5) is 17.9. The maximum atomic E-state index is 14.5. The molecular weight excluding hydrogens is 419 g/mol. The van der Waals surface area contributed by atoms with Crippen LogP contribution in [0.15, 0.2) is 36.7 Å². The van der Waals surface area contributed by atoms with Gasteiger partial charge >= 0.3 is 0 Å². The molecule has 174 valence electrons. The molecule has 2 N–H and O–H groups in total. The van der Waals surface area contributed by atoms with Crippen molar-refractivity contribution in [3.05, 3.63) is 48.2 Å². The van der Waals surface area contributed by atoms with Crippen LogP contribution in [0.25, 0.3) is 10.9 Å². The molecule has 0 aromatic carbocycles. The Morgan fingerprint density at radius 3 is 2.58 bits per heavy atom. The molecule has 0 amide bonds. The third kappa shape index (κ3) is 4.50. The lowest BCUT2D eigenvalue weighted by molar-refractivity contribution is -0.0334. The van der Waals surface area contributed by atoms with E-state index < -0.39 is 11.4 Å². The number of likely N-dealkylation sites (tertiary alicyclic amines) is 1. The van der Waals surface area contributed by atoms with Crippen LogP contribution in [0.3, 0.4) is 0 Å². The largest absolute Gasteiger partial charge is 0.384 e. The molecule has 2 saturated heterocycles. The lowest BCUT2D eigenvalue weighted by Gasteiger charge is -2.38. The van der Waals surface area contributed by atoms with Crippen molar-refractivity contribution < 1.29 is 9.50 Å². The van der Waals surface area contributed by atoms with Gasteiger partial charge in [-0.1, -0.05) is 0 Å². The molecule has 7 nitrogen and oxygen atoms in total. The van der Waals surface area contributed by atoms with Gasteiger partial charge in [0.15, 0.2) is 5.82 Å². The Hall–Kier alpha value is -2.84. The van der Waals surface area contributed by atoms with Crippen LogP contribution < -0.4 is 10.2 Å². The SMILES string of the molecule is CN1CCC([C@@](C)(O)c2ccc3cnc(Nc4cc(N5CCCC5)ncc4F)cc3n2)CC1. The summed E-state index contributed by atoms with van der Waals surface area (Å²) in [5.41, 5.74) is 0.711. The predicted molar refractivity (Wildman–Crippen MR) is 128 cm³/mol. The standard InChI is InChI=1S/C25H31FN6O/c1-25(33,18-7-11-31(2)12-8-18)22-6-5-17-15-27-23(13-20(17)29-22)30-21-14-24(28-16-19(21)26)32-9-3-4-10-32/h5-6,13-16,18,33H,3-4,7-12H2,1-2H3,(H,27,28,30)/t25-/m1/s1. The first-order chi connectivity index (χ1) is 15.9. The van der Waals surface area contributed by atoms with Gasteiger partial charge in [-0.25, -0.2) is 19.3 Å². The Labute approximate surface area is 193 Å². The molecule has 0 spiro atoms.